The van der Waals surface area contributed by atoms with Crippen LogP contribution in [0.4, 0.5) is 5.69 Å². The molecule has 0 unspecified atom stereocenters. The average Bonchev–Trinajstić information content (AvgIpc) is 3.34. The highest BCUT2D eigenvalue weighted by molar-refractivity contribution is 7.18. The zero-order chi connectivity index (χ0) is 21.5. The van der Waals surface area contributed by atoms with Crippen LogP contribution in [0.5, 0.6) is 0 Å². The number of rotatable bonds is 5. The van der Waals surface area contributed by atoms with Crippen molar-refractivity contribution in [2.24, 2.45) is 0 Å². The van der Waals surface area contributed by atoms with E-state index in [-0.39, 0.29) is 23.9 Å². The molecule has 5 rings (SSSR count). The maximum absolute atomic E-state index is 13.0. The molecule has 0 bridgehead atoms. The monoisotopic (exact) mass is 436 g/mol. The smallest absolute Gasteiger partial charge is 0.262 e. The fraction of sp³-hybridized carbons (Fsp3) is 0.409. The third-order valence-corrected chi connectivity index (χ3v) is 6.93. The highest BCUT2D eigenvalue weighted by Crippen LogP contribution is 2.33. The SMILES string of the molecule is CC(C)n1ncc2cc(NC(=O)CCn3cnc4sc5c(c4c3=O)CCCC5)cnc21. The number of nitrogens with one attached hydrogen (secondary N) is 1. The summed E-state index contributed by atoms with van der Waals surface area (Å²) in [5.41, 5.74) is 2.54. The highest BCUT2D eigenvalue weighted by Gasteiger charge is 2.20. The van der Waals surface area contributed by atoms with Gasteiger partial charge >= 0.3 is 0 Å². The van der Waals surface area contributed by atoms with Crippen molar-refractivity contribution in [3.8, 4) is 0 Å². The van der Waals surface area contributed by atoms with Gasteiger partial charge in [-0.15, -0.1) is 11.3 Å². The number of fused-ring (bicyclic) bond motifs is 4. The van der Waals surface area contributed by atoms with Crippen LogP contribution >= 0.6 is 11.3 Å². The lowest BCUT2D eigenvalue weighted by Gasteiger charge is -2.10. The Morgan fingerprint density at radius 2 is 2.06 bits per heavy atom. The maximum atomic E-state index is 13.0. The molecule has 0 radical (unpaired) electrons. The predicted molar refractivity (Wildman–Crippen MR) is 122 cm³/mol. The van der Waals surface area contributed by atoms with Crippen LogP contribution < -0.4 is 10.9 Å². The lowest BCUT2D eigenvalue weighted by atomic mass is 9.97. The molecule has 0 saturated heterocycles. The van der Waals surface area contributed by atoms with E-state index in [0.717, 1.165) is 40.5 Å². The summed E-state index contributed by atoms with van der Waals surface area (Å²) < 4.78 is 3.40. The molecular weight excluding hydrogens is 412 g/mol. The summed E-state index contributed by atoms with van der Waals surface area (Å²) >= 11 is 1.64. The number of pyridine rings is 1. The third-order valence-electron chi connectivity index (χ3n) is 5.73. The number of thiophene rings is 1. The number of carbonyl (C=O) groups is 1. The third kappa shape index (κ3) is 3.63. The minimum atomic E-state index is -0.170. The van der Waals surface area contributed by atoms with Crippen LogP contribution in [0.2, 0.25) is 0 Å². The molecule has 0 saturated carbocycles. The minimum Gasteiger partial charge on any atom is -0.325 e. The first-order valence-electron chi connectivity index (χ1n) is 10.6. The summed E-state index contributed by atoms with van der Waals surface area (Å²) in [5, 5.41) is 8.85. The van der Waals surface area contributed by atoms with Gasteiger partial charge in [-0.25, -0.2) is 14.6 Å². The summed E-state index contributed by atoms with van der Waals surface area (Å²) in [6.07, 6.45) is 9.40. The van der Waals surface area contributed by atoms with E-state index >= 15 is 0 Å². The van der Waals surface area contributed by atoms with Gasteiger partial charge in [0.2, 0.25) is 5.91 Å². The zero-order valence-corrected chi connectivity index (χ0v) is 18.4. The van der Waals surface area contributed by atoms with Crippen LogP contribution in [-0.2, 0) is 24.2 Å². The molecule has 4 heterocycles. The van der Waals surface area contributed by atoms with Crippen molar-refractivity contribution < 1.29 is 4.79 Å². The van der Waals surface area contributed by atoms with Gasteiger partial charge in [-0.2, -0.15) is 5.10 Å². The van der Waals surface area contributed by atoms with Crippen LogP contribution in [0.15, 0.2) is 29.6 Å². The molecule has 160 valence electrons. The van der Waals surface area contributed by atoms with E-state index in [2.05, 4.69) is 20.4 Å². The second kappa shape index (κ2) is 7.88. The van der Waals surface area contributed by atoms with Gasteiger partial charge in [-0.05, 0) is 51.2 Å². The minimum absolute atomic E-state index is 0.0404. The van der Waals surface area contributed by atoms with Gasteiger partial charge in [-0.3, -0.25) is 14.2 Å². The molecule has 4 aromatic heterocycles. The standard InChI is InChI=1S/C22H24N6O2S/c1-13(2)28-20-14(10-25-28)9-15(11-23-20)26-18(29)7-8-27-12-24-21-19(22(27)30)16-5-3-4-6-17(16)31-21/h9-13H,3-8H2,1-2H3,(H,26,29). The topological polar surface area (TPSA) is 94.7 Å². The Kier molecular flexibility index (Phi) is 5.05. The molecule has 0 spiro atoms. The van der Waals surface area contributed by atoms with Crippen molar-refractivity contribution in [3.63, 3.8) is 0 Å². The van der Waals surface area contributed by atoms with E-state index in [1.165, 1.54) is 16.9 Å². The lowest BCUT2D eigenvalue weighted by Crippen LogP contribution is -2.24. The molecule has 4 aromatic rings. The number of aromatic nitrogens is 5. The first-order valence-corrected chi connectivity index (χ1v) is 11.5. The molecule has 0 atom stereocenters. The van der Waals surface area contributed by atoms with Crippen molar-refractivity contribution in [1.82, 2.24) is 24.3 Å². The molecule has 1 amide bonds. The number of hydrogen-bond acceptors (Lipinski definition) is 6. The maximum Gasteiger partial charge on any atom is 0.262 e. The largest absolute Gasteiger partial charge is 0.325 e. The van der Waals surface area contributed by atoms with Crippen LogP contribution in [0.3, 0.4) is 0 Å². The van der Waals surface area contributed by atoms with Crippen molar-refractivity contribution in [2.45, 2.75) is 58.5 Å². The van der Waals surface area contributed by atoms with Gasteiger partial charge in [0.25, 0.3) is 5.56 Å². The molecule has 9 heteroatoms. The van der Waals surface area contributed by atoms with Crippen LogP contribution in [0, 0.1) is 0 Å². The predicted octanol–water partition coefficient (Wildman–Crippen LogP) is 3.69. The quantitative estimate of drug-likeness (QED) is 0.515. The summed E-state index contributed by atoms with van der Waals surface area (Å²) in [6.45, 7) is 4.38. The Hall–Kier alpha value is -3.07. The van der Waals surface area contributed by atoms with Crippen molar-refractivity contribution in [3.05, 3.63) is 45.6 Å². The average molecular weight is 437 g/mol. The number of anilines is 1. The molecule has 0 aromatic carbocycles. The Morgan fingerprint density at radius 1 is 1.23 bits per heavy atom. The van der Waals surface area contributed by atoms with E-state index in [4.69, 9.17) is 0 Å². The molecule has 31 heavy (non-hydrogen) atoms. The first kappa shape index (κ1) is 19.9. The fourth-order valence-electron chi connectivity index (χ4n) is 4.17. The Labute approximate surface area is 182 Å². The molecule has 1 aliphatic rings. The van der Waals surface area contributed by atoms with E-state index in [1.807, 2.05) is 24.6 Å². The number of aryl methyl sites for hydroxylation is 3. The highest BCUT2D eigenvalue weighted by atomic mass is 32.1. The Morgan fingerprint density at radius 3 is 2.90 bits per heavy atom. The van der Waals surface area contributed by atoms with Crippen molar-refractivity contribution >= 4 is 44.2 Å². The normalized spacial score (nSPS) is 13.8. The second-order valence-electron chi connectivity index (χ2n) is 8.25. The van der Waals surface area contributed by atoms with Crippen LogP contribution in [-0.4, -0.2) is 30.2 Å². The van der Waals surface area contributed by atoms with Crippen LogP contribution in [0.25, 0.3) is 21.3 Å². The van der Waals surface area contributed by atoms with Gasteiger partial charge in [0.15, 0.2) is 5.65 Å². The van der Waals surface area contributed by atoms with E-state index in [9.17, 15) is 9.59 Å². The molecule has 0 aliphatic heterocycles. The van der Waals surface area contributed by atoms with Gasteiger partial charge in [0.05, 0.1) is 29.8 Å². The molecule has 8 nitrogen and oxygen atoms in total. The van der Waals surface area contributed by atoms with Crippen LogP contribution in [0.1, 0.15) is 49.6 Å². The second-order valence-corrected chi connectivity index (χ2v) is 9.34. The van der Waals surface area contributed by atoms with Crippen molar-refractivity contribution in [2.75, 3.05) is 5.32 Å². The van der Waals surface area contributed by atoms with Gasteiger partial charge in [0, 0.05) is 29.3 Å². The number of amides is 1. The number of hydrogen-bond donors (Lipinski definition) is 1. The number of carbonyl (C=O) groups excluding carboxylic acids is 1. The van der Waals surface area contributed by atoms with E-state index in [1.54, 1.807) is 34.6 Å². The number of nitrogens with zero attached hydrogens (tertiary/aromatic N) is 5. The van der Waals surface area contributed by atoms with Gasteiger partial charge < -0.3 is 5.32 Å². The summed E-state index contributed by atoms with van der Waals surface area (Å²) in [4.78, 5) is 36.6. The lowest BCUT2D eigenvalue weighted by molar-refractivity contribution is -0.116. The summed E-state index contributed by atoms with van der Waals surface area (Å²) in [7, 11) is 0. The first-order chi connectivity index (χ1) is 15.0. The van der Waals surface area contributed by atoms with Crippen molar-refractivity contribution in [1.29, 1.82) is 0 Å². The fourth-order valence-corrected chi connectivity index (χ4v) is 5.39. The van der Waals surface area contributed by atoms with E-state index < -0.39 is 0 Å². The molecule has 1 aliphatic carbocycles. The summed E-state index contributed by atoms with van der Waals surface area (Å²) in [5.74, 6) is -0.170. The van der Waals surface area contributed by atoms with Gasteiger partial charge in [0.1, 0.15) is 4.83 Å². The zero-order valence-electron chi connectivity index (χ0n) is 17.6. The Balaban J connectivity index is 1.30. The molecule has 1 N–H and O–H groups in total. The molecule has 0 fully saturated rings. The van der Waals surface area contributed by atoms with E-state index in [0.29, 0.717) is 12.2 Å². The Bertz CT molecular complexity index is 1350. The summed E-state index contributed by atoms with van der Waals surface area (Å²) in [6, 6.07) is 2.08. The van der Waals surface area contributed by atoms with Gasteiger partial charge in [-0.1, -0.05) is 0 Å². The molecular formula is C22H24N6O2S.